The van der Waals surface area contributed by atoms with Crippen LogP contribution in [0.25, 0.3) is 0 Å². The largest absolute Gasteiger partial charge is 0.479 e. The minimum atomic E-state index is -0.616. The highest BCUT2D eigenvalue weighted by Crippen LogP contribution is 2.30. The van der Waals surface area contributed by atoms with E-state index < -0.39 is 6.04 Å². The first kappa shape index (κ1) is 20.9. The van der Waals surface area contributed by atoms with Gasteiger partial charge >= 0.3 is 6.03 Å². The molecule has 30 heavy (non-hydrogen) atoms. The molecule has 3 rings (SSSR count). The maximum Gasteiger partial charge on any atom is 0.319 e. The summed E-state index contributed by atoms with van der Waals surface area (Å²) in [6, 6.07) is 15.6. The number of carbonyl (C=O) groups is 2. The van der Waals surface area contributed by atoms with Crippen LogP contribution >= 0.6 is 0 Å². The summed E-state index contributed by atoms with van der Waals surface area (Å²) in [5.74, 6) is 0.499. The summed E-state index contributed by atoms with van der Waals surface area (Å²) in [5, 5.41) is 17.1. The number of anilines is 1. The normalized spacial score (nSPS) is 15.8. The van der Waals surface area contributed by atoms with Crippen molar-refractivity contribution >= 4 is 17.6 Å². The maximum atomic E-state index is 13.2. The fraction of sp³-hybridized carbons (Fsp3) is 0.261. The molecule has 154 valence electrons. The van der Waals surface area contributed by atoms with Crippen molar-refractivity contribution in [2.24, 2.45) is 0 Å². The van der Waals surface area contributed by atoms with Crippen LogP contribution in [0.4, 0.5) is 10.5 Å². The van der Waals surface area contributed by atoms with E-state index in [1.54, 1.807) is 31.2 Å². The van der Waals surface area contributed by atoms with Crippen LogP contribution in [0, 0.1) is 11.3 Å². The molecule has 1 heterocycles. The van der Waals surface area contributed by atoms with Crippen molar-refractivity contribution in [1.29, 1.82) is 5.26 Å². The van der Waals surface area contributed by atoms with Crippen LogP contribution in [-0.4, -0.2) is 18.5 Å². The predicted molar refractivity (Wildman–Crippen MR) is 114 cm³/mol. The van der Waals surface area contributed by atoms with Crippen LogP contribution in [0.1, 0.15) is 43.9 Å². The molecular formula is C23H24N4O3. The molecule has 0 spiro atoms. The molecule has 1 aliphatic rings. The molecule has 2 aromatic carbocycles. The number of carbonyl (C=O) groups excluding carboxylic acids is 2. The van der Waals surface area contributed by atoms with E-state index in [4.69, 9.17) is 10.00 Å². The number of para-hydroxylation sites is 1. The van der Waals surface area contributed by atoms with Crippen LogP contribution in [0.5, 0.6) is 5.75 Å². The van der Waals surface area contributed by atoms with Gasteiger partial charge in [0, 0.05) is 11.4 Å². The lowest BCUT2D eigenvalue weighted by atomic mass is 9.94. The molecule has 0 aliphatic carbocycles. The quantitative estimate of drug-likeness (QED) is 0.677. The lowest BCUT2D eigenvalue weighted by molar-refractivity contribution is -0.113. The Balaban J connectivity index is 1.90. The van der Waals surface area contributed by atoms with Crippen LogP contribution in [0.2, 0.25) is 0 Å². The van der Waals surface area contributed by atoms with E-state index in [1.165, 1.54) is 0 Å². The molecule has 3 amide bonds. The molecule has 1 atom stereocenters. The fourth-order valence-corrected chi connectivity index (χ4v) is 3.42. The SMILES string of the molecule is CC1=C(C(=O)Nc2ccccc2C(C)C)[C@@H](c2ccc(OCC#N)cc2)NC(=O)N1. The third kappa shape index (κ3) is 4.61. The van der Waals surface area contributed by atoms with Crippen LogP contribution < -0.4 is 20.7 Å². The summed E-state index contributed by atoms with van der Waals surface area (Å²) in [5.41, 5.74) is 3.43. The Bertz CT molecular complexity index is 1020. The Labute approximate surface area is 175 Å². The van der Waals surface area contributed by atoms with Gasteiger partial charge in [0.15, 0.2) is 6.61 Å². The second-order valence-corrected chi connectivity index (χ2v) is 7.28. The summed E-state index contributed by atoms with van der Waals surface area (Å²) in [6.45, 7) is 5.79. The monoisotopic (exact) mass is 404 g/mol. The average molecular weight is 404 g/mol. The molecule has 0 radical (unpaired) electrons. The Morgan fingerprint density at radius 3 is 2.57 bits per heavy atom. The van der Waals surface area contributed by atoms with Gasteiger partial charge in [0.05, 0.1) is 11.6 Å². The number of nitrogens with zero attached hydrogens (tertiary/aromatic N) is 1. The number of hydrogen-bond acceptors (Lipinski definition) is 4. The molecule has 7 heteroatoms. The zero-order valence-corrected chi connectivity index (χ0v) is 17.2. The number of urea groups is 1. The molecule has 0 bridgehead atoms. The summed E-state index contributed by atoms with van der Waals surface area (Å²) >= 11 is 0. The van der Waals surface area contributed by atoms with Crippen molar-refractivity contribution in [3.63, 3.8) is 0 Å². The second-order valence-electron chi connectivity index (χ2n) is 7.28. The number of rotatable bonds is 6. The Hall–Kier alpha value is -3.79. The van der Waals surface area contributed by atoms with Gasteiger partial charge in [-0.3, -0.25) is 4.79 Å². The van der Waals surface area contributed by atoms with Gasteiger partial charge < -0.3 is 20.7 Å². The van der Waals surface area contributed by atoms with E-state index in [2.05, 4.69) is 29.8 Å². The van der Waals surface area contributed by atoms with Gasteiger partial charge in [-0.05, 0) is 42.2 Å². The van der Waals surface area contributed by atoms with Gasteiger partial charge in [0.1, 0.15) is 11.8 Å². The van der Waals surface area contributed by atoms with Gasteiger partial charge in [-0.1, -0.05) is 44.2 Å². The molecule has 7 nitrogen and oxygen atoms in total. The Kier molecular flexibility index (Phi) is 6.38. The third-order valence-corrected chi connectivity index (χ3v) is 4.86. The summed E-state index contributed by atoms with van der Waals surface area (Å²) in [6.07, 6.45) is 0. The lowest BCUT2D eigenvalue weighted by Gasteiger charge is -2.29. The number of amides is 3. The Morgan fingerprint density at radius 1 is 1.20 bits per heavy atom. The molecule has 2 aromatic rings. The lowest BCUT2D eigenvalue weighted by Crippen LogP contribution is -2.46. The number of ether oxygens (including phenoxy) is 1. The van der Waals surface area contributed by atoms with Crippen LogP contribution in [-0.2, 0) is 4.79 Å². The van der Waals surface area contributed by atoms with Gasteiger partial charge in [0.25, 0.3) is 5.91 Å². The summed E-state index contributed by atoms with van der Waals surface area (Å²) in [7, 11) is 0. The zero-order chi connectivity index (χ0) is 21.7. The van der Waals surface area contributed by atoms with Gasteiger partial charge in [-0.15, -0.1) is 0 Å². The highest BCUT2D eigenvalue weighted by molar-refractivity contribution is 6.07. The fourth-order valence-electron chi connectivity index (χ4n) is 3.42. The number of allylic oxidation sites excluding steroid dienone is 1. The van der Waals surface area contributed by atoms with E-state index in [0.717, 1.165) is 16.8 Å². The third-order valence-electron chi connectivity index (χ3n) is 4.86. The number of nitrogens with one attached hydrogen (secondary N) is 3. The van der Waals surface area contributed by atoms with E-state index in [0.29, 0.717) is 17.0 Å². The molecule has 0 fully saturated rings. The molecule has 1 aliphatic heterocycles. The first-order chi connectivity index (χ1) is 14.4. The molecule has 0 unspecified atom stereocenters. The topological polar surface area (TPSA) is 103 Å². The van der Waals surface area contributed by atoms with Crippen molar-refractivity contribution in [3.05, 3.63) is 70.9 Å². The highest BCUT2D eigenvalue weighted by atomic mass is 16.5. The maximum absolute atomic E-state index is 13.2. The molecule has 0 aromatic heterocycles. The van der Waals surface area contributed by atoms with Crippen LogP contribution in [0.15, 0.2) is 59.8 Å². The van der Waals surface area contributed by atoms with E-state index in [-0.39, 0.29) is 24.5 Å². The van der Waals surface area contributed by atoms with Crippen molar-refractivity contribution in [1.82, 2.24) is 10.6 Å². The average Bonchev–Trinajstić information content (AvgIpc) is 2.72. The summed E-state index contributed by atoms with van der Waals surface area (Å²) in [4.78, 5) is 25.3. The van der Waals surface area contributed by atoms with Crippen LogP contribution in [0.3, 0.4) is 0 Å². The predicted octanol–water partition coefficient (Wildman–Crippen LogP) is 3.98. The molecular weight excluding hydrogens is 380 g/mol. The summed E-state index contributed by atoms with van der Waals surface area (Å²) < 4.78 is 5.28. The van der Waals surface area contributed by atoms with Crippen molar-refractivity contribution in [2.45, 2.75) is 32.7 Å². The van der Waals surface area contributed by atoms with Crippen molar-refractivity contribution in [3.8, 4) is 11.8 Å². The van der Waals surface area contributed by atoms with Gasteiger partial charge in [-0.25, -0.2) is 4.79 Å². The number of benzene rings is 2. The smallest absolute Gasteiger partial charge is 0.319 e. The number of hydrogen-bond donors (Lipinski definition) is 3. The molecule has 3 N–H and O–H groups in total. The molecule has 0 saturated carbocycles. The molecule has 0 saturated heterocycles. The standard InChI is InChI=1S/C23H24N4O3/c1-14(2)18-6-4-5-7-19(18)26-22(28)20-15(3)25-23(29)27-21(20)16-8-10-17(11-9-16)30-13-12-24/h4-11,14,21H,13H2,1-3H3,(H,26,28)(H2,25,27,29)/t21-/m1/s1. The minimum Gasteiger partial charge on any atom is -0.479 e. The highest BCUT2D eigenvalue weighted by Gasteiger charge is 2.31. The Morgan fingerprint density at radius 2 is 1.90 bits per heavy atom. The number of nitriles is 1. The van der Waals surface area contributed by atoms with Crippen molar-refractivity contribution in [2.75, 3.05) is 11.9 Å². The van der Waals surface area contributed by atoms with Gasteiger partial charge in [-0.2, -0.15) is 5.26 Å². The van der Waals surface area contributed by atoms with E-state index >= 15 is 0 Å². The second kappa shape index (κ2) is 9.14. The first-order valence-electron chi connectivity index (χ1n) is 9.69. The van der Waals surface area contributed by atoms with Crippen molar-refractivity contribution < 1.29 is 14.3 Å². The van der Waals surface area contributed by atoms with E-state index in [1.807, 2.05) is 30.3 Å². The van der Waals surface area contributed by atoms with E-state index in [9.17, 15) is 9.59 Å². The minimum absolute atomic E-state index is 0.0502. The van der Waals surface area contributed by atoms with Gasteiger partial charge in [0.2, 0.25) is 0 Å². The first-order valence-corrected chi connectivity index (χ1v) is 9.69. The zero-order valence-electron chi connectivity index (χ0n) is 17.2.